The third kappa shape index (κ3) is 1.28. The second-order valence-corrected chi connectivity index (χ2v) is 2.75. The van der Waals surface area contributed by atoms with E-state index in [2.05, 4.69) is 4.98 Å². The number of aromatic nitrogens is 1. The van der Waals surface area contributed by atoms with Gasteiger partial charge < -0.3 is 13.9 Å². The van der Waals surface area contributed by atoms with E-state index in [0.29, 0.717) is 11.5 Å². The highest BCUT2D eigenvalue weighted by Crippen LogP contribution is 2.24. The summed E-state index contributed by atoms with van der Waals surface area (Å²) in [7, 11) is 0. The first-order valence-corrected chi connectivity index (χ1v) is 3.92. The molecule has 0 amide bonds. The van der Waals surface area contributed by atoms with Gasteiger partial charge in [0.15, 0.2) is 17.8 Å². The number of nitrogens with zero attached hydrogens (tertiary/aromatic N) is 1. The lowest BCUT2D eigenvalue weighted by Crippen LogP contribution is -1.97. The van der Waals surface area contributed by atoms with Crippen molar-refractivity contribution in [1.82, 2.24) is 4.98 Å². The van der Waals surface area contributed by atoms with Gasteiger partial charge in [-0.05, 0) is 19.1 Å². The van der Waals surface area contributed by atoms with Crippen LogP contribution in [0.2, 0.25) is 0 Å². The summed E-state index contributed by atoms with van der Waals surface area (Å²) in [6.45, 7) is 1.76. The summed E-state index contributed by atoms with van der Waals surface area (Å²) in [5.74, 6) is 0.0681. The van der Waals surface area contributed by atoms with Gasteiger partial charge in [0.1, 0.15) is 5.76 Å². The van der Waals surface area contributed by atoms with Crippen molar-refractivity contribution in [2.24, 2.45) is 0 Å². The topological polar surface area (TPSA) is 76.5 Å². The SMILES string of the molecule is Cc1ccc(-c2ocnc2C(=O)O)o1. The van der Waals surface area contributed by atoms with Crippen LogP contribution in [0.3, 0.4) is 0 Å². The predicted molar refractivity (Wildman–Crippen MR) is 45.9 cm³/mol. The second kappa shape index (κ2) is 3.02. The summed E-state index contributed by atoms with van der Waals surface area (Å²) in [5.41, 5.74) is -0.139. The van der Waals surface area contributed by atoms with Crippen LogP contribution in [-0.4, -0.2) is 16.1 Å². The van der Waals surface area contributed by atoms with Crippen molar-refractivity contribution in [3.63, 3.8) is 0 Å². The van der Waals surface area contributed by atoms with E-state index >= 15 is 0 Å². The lowest BCUT2D eigenvalue weighted by atomic mass is 10.3. The number of oxazole rings is 1. The summed E-state index contributed by atoms with van der Waals surface area (Å²) in [6.07, 6.45) is 1.08. The fourth-order valence-electron chi connectivity index (χ4n) is 1.13. The van der Waals surface area contributed by atoms with Crippen LogP contribution in [0.25, 0.3) is 11.5 Å². The Kier molecular flexibility index (Phi) is 1.85. The van der Waals surface area contributed by atoms with Crippen molar-refractivity contribution in [3.8, 4) is 11.5 Å². The molecule has 0 unspecified atom stereocenters. The van der Waals surface area contributed by atoms with Crippen LogP contribution in [-0.2, 0) is 0 Å². The molecule has 0 fully saturated rings. The first-order valence-electron chi connectivity index (χ1n) is 3.92. The van der Waals surface area contributed by atoms with E-state index in [1.54, 1.807) is 19.1 Å². The highest BCUT2D eigenvalue weighted by atomic mass is 16.4. The number of furan rings is 1. The lowest BCUT2D eigenvalue weighted by Gasteiger charge is -1.91. The van der Waals surface area contributed by atoms with E-state index in [1.165, 1.54) is 0 Å². The molecule has 0 aliphatic rings. The Bertz CT molecular complexity index is 469. The predicted octanol–water partition coefficient (Wildman–Crippen LogP) is 1.94. The molecule has 72 valence electrons. The summed E-state index contributed by atoms with van der Waals surface area (Å²) >= 11 is 0. The maximum atomic E-state index is 10.7. The summed E-state index contributed by atoms with van der Waals surface area (Å²) in [4.78, 5) is 14.3. The largest absolute Gasteiger partial charge is 0.476 e. The van der Waals surface area contributed by atoms with Gasteiger partial charge in [0.2, 0.25) is 5.76 Å². The minimum Gasteiger partial charge on any atom is -0.476 e. The van der Waals surface area contributed by atoms with E-state index in [0.717, 1.165) is 6.39 Å². The Labute approximate surface area is 79.0 Å². The third-order valence-corrected chi connectivity index (χ3v) is 1.73. The number of hydrogen-bond acceptors (Lipinski definition) is 4. The molecule has 2 rings (SSSR count). The first kappa shape index (κ1) is 8.55. The molecule has 1 N–H and O–H groups in total. The fourth-order valence-corrected chi connectivity index (χ4v) is 1.13. The van der Waals surface area contributed by atoms with Crippen LogP contribution in [0.15, 0.2) is 27.4 Å². The molecule has 0 saturated carbocycles. The molecule has 2 aromatic heterocycles. The Balaban J connectivity index is 2.51. The normalized spacial score (nSPS) is 10.4. The molecule has 0 aromatic carbocycles. The van der Waals surface area contributed by atoms with Crippen LogP contribution < -0.4 is 0 Å². The molecule has 0 saturated heterocycles. The second-order valence-electron chi connectivity index (χ2n) is 2.75. The maximum absolute atomic E-state index is 10.7. The van der Waals surface area contributed by atoms with Gasteiger partial charge in [-0.15, -0.1) is 0 Å². The zero-order chi connectivity index (χ0) is 10.1. The molecule has 2 aromatic rings. The first-order chi connectivity index (χ1) is 6.68. The molecule has 0 atom stereocenters. The Hall–Kier alpha value is -2.04. The molecule has 0 radical (unpaired) electrons. The summed E-state index contributed by atoms with van der Waals surface area (Å²) in [5, 5.41) is 8.76. The highest BCUT2D eigenvalue weighted by molar-refractivity contribution is 5.91. The number of aryl methyl sites for hydroxylation is 1. The Morgan fingerprint density at radius 1 is 1.50 bits per heavy atom. The zero-order valence-electron chi connectivity index (χ0n) is 7.35. The van der Waals surface area contributed by atoms with Crippen LogP contribution in [0.5, 0.6) is 0 Å². The monoisotopic (exact) mass is 193 g/mol. The summed E-state index contributed by atoms with van der Waals surface area (Å²) in [6, 6.07) is 3.37. The van der Waals surface area contributed by atoms with Crippen LogP contribution in [0.4, 0.5) is 0 Å². The maximum Gasteiger partial charge on any atom is 0.358 e. The van der Waals surface area contributed by atoms with E-state index in [9.17, 15) is 4.79 Å². The quantitative estimate of drug-likeness (QED) is 0.788. The molecule has 0 aliphatic carbocycles. The van der Waals surface area contributed by atoms with Gasteiger partial charge in [-0.3, -0.25) is 0 Å². The van der Waals surface area contributed by atoms with E-state index in [4.69, 9.17) is 13.9 Å². The standard InChI is InChI=1S/C9H7NO4/c1-5-2-3-6(14-5)8-7(9(11)12)10-4-13-8/h2-4H,1H3,(H,11,12). The molecule has 2 heterocycles. The Morgan fingerprint density at radius 3 is 2.86 bits per heavy atom. The number of carbonyl (C=O) groups is 1. The van der Waals surface area contributed by atoms with Crippen molar-refractivity contribution in [1.29, 1.82) is 0 Å². The van der Waals surface area contributed by atoms with Gasteiger partial charge in [-0.2, -0.15) is 0 Å². The van der Waals surface area contributed by atoms with E-state index in [1.807, 2.05) is 0 Å². The molecule has 0 bridgehead atoms. The average molecular weight is 193 g/mol. The minimum absolute atomic E-state index is 0.139. The average Bonchev–Trinajstić information content (AvgIpc) is 2.70. The molecule has 5 nitrogen and oxygen atoms in total. The van der Waals surface area contributed by atoms with Gasteiger partial charge >= 0.3 is 5.97 Å². The van der Waals surface area contributed by atoms with Gasteiger partial charge in [-0.25, -0.2) is 9.78 Å². The lowest BCUT2D eigenvalue weighted by molar-refractivity contribution is 0.0691. The zero-order valence-corrected chi connectivity index (χ0v) is 7.35. The van der Waals surface area contributed by atoms with Gasteiger partial charge in [0.05, 0.1) is 0 Å². The van der Waals surface area contributed by atoms with Gasteiger partial charge in [-0.1, -0.05) is 0 Å². The third-order valence-electron chi connectivity index (χ3n) is 1.73. The number of aromatic carboxylic acids is 1. The van der Waals surface area contributed by atoms with Crippen molar-refractivity contribution in [2.75, 3.05) is 0 Å². The molecular weight excluding hydrogens is 186 g/mol. The number of carboxylic acid groups (broad SMARTS) is 1. The molecule has 0 aliphatic heterocycles. The number of rotatable bonds is 2. The van der Waals surface area contributed by atoms with Crippen molar-refractivity contribution in [2.45, 2.75) is 6.92 Å². The number of carboxylic acids is 1. The van der Waals surface area contributed by atoms with Crippen molar-refractivity contribution in [3.05, 3.63) is 30.0 Å². The van der Waals surface area contributed by atoms with Gasteiger partial charge in [0.25, 0.3) is 0 Å². The van der Waals surface area contributed by atoms with Crippen LogP contribution in [0, 0.1) is 6.92 Å². The Morgan fingerprint density at radius 2 is 2.29 bits per heavy atom. The summed E-state index contributed by atoms with van der Waals surface area (Å²) < 4.78 is 10.2. The van der Waals surface area contributed by atoms with E-state index < -0.39 is 5.97 Å². The van der Waals surface area contributed by atoms with Crippen LogP contribution >= 0.6 is 0 Å². The van der Waals surface area contributed by atoms with Gasteiger partial charge in [0, 0.05) is 0 Å². The molecular formula is C9H7NO4. The molecule has 5 heteroatoms. The fraction of sp³-hybridized carbons (Fsp3) is 0.111. The molecule has 0 spiro atoms. The van der Waals surface area contributed by atoms with Crippen molar-refractivity contribution < 1.29 is 18.7 Å². The smallest absolute Gasteiger partial charge is 0.358 e. The van der Waals surface area contributed by atoms with E-state index in [-0.39, 0.29) is 11.5 Å². The van der Waals surface area contributed by atoms with Crippen LogP contribution in [0.1, 0.15) is 16.2 Å². The number of hydrogen-bond donors (Lipinski definition) is 1. The molecule has 14 heavy (non-hydrogen) atoms. The highest BCUT2D eigenvalue weighted by Gasteiger charge is 2.19. The van der Waals surface area contributed by atoms with Crippen molar-refractivity contribution >= 4 is 5.97 Å². The minimum atomic E-state index is -1.14.